The zero-order valence-corrected chi connectivity index (χ0v) is 11.7. The number of rotatable bonds is 1. The number of nitrogens with one attached hydrogen (secondary N) is 1. The maximum Gasteiger partial charge on any atom is 0.0102 e. The monoisotopic (exact) mass is 249 g/mol. The summed E-state index contributed by atoms with van der Waals surface area (Å²) in [6.45, 7) is 8.08. The van der Waals surface area contributed by atoms with Crippen molar-refractivity contribution in [1.82, 2.24) is 15.1 Å². The van der Waals surface area contributed by atoms with E-state index in [0.29, 0.717) is 0 Å². The standard InChI is InChI=1S/C15H27N3/c1-17-4-2-15(3-5-17)10-18(11-15)14-6-12-8-16-9-13(12)7-14/h12-14,16H,2-11H2,1H3. The Morgan fingerprint density at radius 3 is 2.22 bits per heavy atom. The Morgan fingerprint density at radius 1 is 1.00 bits per heavy atom. The Balaban J connectivity index is 1.32. The topological polar surface area (TPSA) is 18.5 Å². The first-order valence-corrected chi connectivity index (χ1v) is 7.87. The van der Waals surface area contributed by atoms with Gasteiger partial charge < -0.3 is 10.2 Å². The molecule has 102 valence electrons. The second kappa shape index (κ2) is 4.19. The molecule has 0 amide bonds. The minimum absolute atomic E-state index is 0.725. The van der Waals surface area contributed by atoms with E-state index in [9.17, 15) is 0 Å². The van der Waals surface area contributed by atoms with E-state index in [1.165, 1.54) is 65.0 Å². The molecule has 4 aliphatic rings. The number of hydrogen-bond donors (Lipinski definition) is 1. The van der Waals surface area contributed by atoms with Gasteiger partial charge in [0.2, 0.25) is 0 Å². The average Bonchev–Trinajstić information content (AvgIpc) is 2.87. The van der Waals surface area contributed by atoms with E-state index in [2.05, 4.69) is 22.2 Å². The fourth-order valence-electron chi connectivity index (χ4n) is 4.91. The van der Waals surface area contributed by atoms with Crippen LogP contribution in [0, 0.1) is 17.3 Å². The van der Waals surface area contributed by atoms with E-state index in [4.69, 9.17) is 0 Å². The molecule has 0 aromatic rings. The van der Waals surface area contributed by atoms with Crippen LogP contribution < -0.4 is 5.32 Å². The van der Waals surface area contributed by atoms with E-state index in [1.807, 2.05) is 0 Å². The zero-order valence-electron chi connectivity index (χ0n) is 11.7. The van der Waals surface area contributed by atoms with Crippen molar-refractivity contribution in [3.8, 4) is 0 Å². The van der Waals surface area contributed by atoms with Gasteiger partial charge in [-0.15, -0.1) is 0 Å². The van der Waals surface area contributed by atoms with Crippen LogP contribution in [-0.4, -0.2) is 62.2 Å². The average molecular weight is 249 g/mol. The molecule has 3 saturated heterocycles. The van der Waals surface area contributed by atoms with Crippen molar-refractivity contribution in [3.63, 3.8) is 0 Å². The smallest absolute Gasteiger partial charge is 0.0102 e. The third kappa shape index (κ3) is 1.83. The molecule has 2 atom stereocenters. The van der Waals surface area contributed by atoms with Gasteiger partial charge >= 0.3 is 0 Å². The number of hydrogen-bond acceptors (Lipinski definition) is 3. The molecular weight excluding hydrogens is 222 g/mol. The van der Waals surface area contributed by atoms with Gasteiger partial charge in [-0.1, -0.05) is 0 Å². The van der Waals surface area contributed by atoms with Gasteiger partial charge in [0.15, 0.2) is 0 Å². The van der Waals surface area contributed by atoms with Crippen molar-refractivity contribution in [2.75, 3.05) is 46.3 Å². The van der Waals surface area contributed by atoms with Crippen LogP contribution in [0.5, 0.6) is 0 Å². The molecule has 1 aliphatic carbocycles. The lowest BCUT2D eigenvalue weighted by molar-refractivity contribution is -0.0660. The van der Waals surface area contributed by atoms with Crippen LogP contribution in [0.1, 0.15) is 25.7 Å². The Morgan fingerprint density at radius 2 is 1.61 bits per heavy atom. The van der Waals surface area contributed by atoms with Crippen molar-refractivity contribution >= 4 is 0 Å². The first kappa shape index (κ1) is 11.7. The lowest BCUT2D eigenvalue weighted by Crippen LogP contribution is -2.62. The first-order chi connectivity index (χ1) is 8.74. The third-order valence-corrected chi connectivity index (χ3v) is 6.27. The molecule has 4 rings (SSSR count). The van der Waals surface area contributed by atoms with Crippen LogP contribution in [0.25, 0.3) is 0 Å². The summed E-state index contributed by atoms with van der Waals surface area (Å²) < 4.78 is 0. The molecule has 0 aromatic heterocycles. The van der Waals surface area contributed by atoms with Crippen molar-refractivity contribution in [2.24, 2.45) is 17.3 Å². The van der Waals surface area contributed by atoms with Crippen molar-refractivity contribution in [3.05, 3.63) is 0 Å². The van der Waals surface area contributed by atoms with Crippen LogP contribution in [0.2, 0.25) is 0 Å². The molecule has 3 aliphatic heterocycles. The summed E-state index contributed by atoms with van der Waals surface area (Å²) in [5.74, 6) is 2.01. The number of nitrogens with zero attached hydrogens (tertiary/aromatic N) is 2. The first-order valence-electron chi connectivity index (χ1n) is 7.87. The molecule has 3 heterocycles. The van der Waals surface area contributed by atoms with E-state index >= 15 is 0 Å². The summed E-state index contributed by atoms with van der Waals surface area (Å²) in [4.78, 5) is 5.32. The molecule has 1 saturated carbocycles. The Kier molecular flexibility index (Phi) is 2.72. The molecule has 0 bridgehead atoms. The minimum atomic E-state index is 0.725. The second-order valence-corrected chi connectivity index (χ2v) is 7.51. The van der Waals surface area contributed by atoms with Crippen LogP contribution in [0.15, 0.2) is 0 Å². The van der Waals surface area contributed by atoms with Crippen LogP contribution in [0.3, 0.4) is 0 Å². The van der Waals surface area contributed by atoms with E-state index in [1.54, 1.807) is 0 Å². The van der Waals surface area contributed by atoms with Gasteiger partial charge in [-0.25, -0.2) is 0 Å². The molecule has 1 spiro atoms. The van der Waals surface area contributed by atoms with Gasteiger partial charge in [0, 0.05) is 19.1 Å². The highest BCUT2D eigenvalue weighted by Crippen LogP contribution is 2.46. The molecule has 1 N–H and O–H groups in total. The quantitative estimate of drug-likeness (QED) is 0.748. The number of fused-ring (bicyclic) bond motifs is 1. The molecule has 0 aromatic carbocycles. The van der Waals surface area contributed by atoms with Crippen LogP contribution in [0.4, 0.5) is 0 Å². The number of likely N-dealkylation sites (tertiary alicyclic amines) is 2. The Hall–Kier alpha value is -0.120. The molecule has 3 nitrogen and oxygen atoms in total. The predicted molar refractivity (Wildman–Crippen MR) is 73.6 cm³/mol. The summed E-state index contributed by atoms with van der Waals surface area (Å²) in [5, 5.41) is 3.56. The summed E-state index contributed by atoms with van der Waals surface area (Å²) >= 11 is 0. The normalized spacial score (nSPS) is 44.2. The molecule has 3 heteroatoms. The highest BCUT2D eigenvalue weighted by Gasteiger charge is 2.49. The van der Waals surface area contributed by atoms with Gasteiger partial charge in [0.1, 0.15) is 0 Å². The van der Waals surface area contributed by atoms with E-state index < -0.39 is 0 Å². The summed E-state index contributed by atoms with van der Waals surface area (Å²) in [6.07, 6.45) is 5.85. The van der Waals surface area contributed by atoms with Gasteiger partial charge in [0.05, 0.1) is 0 Å². The Labute approximate surface area is 111 Å². The lowest BCUT2D eigenvalue weighted by Gasteiger charge is -2.56. The second-order valence-electron chi connectivity index (χ2n) is 7.51. The maximum absolute atomic E-state index is 3.56. The van der Waals surface area contributed by atoms with Gasteiger partial charge in [0.25, 0.3) is 0 Å². The molecular formula is C15H27N3. The van der Waals surface area contributed by atoms with Crippen molar-refractivity contribution < 1.29 is 0 Å². The maximum atomic E-state index is 3.56. The van der Waals surface area contributed by atoms with Crippen LogP contribution >= 0.6 is 0 Å². The summed E-state index contributed by atoms with van der Waals surface area (Å²) in [5.41, 5.74) is 0.725. The molecule has 4 fully saturated rings. The minimum Gasteiger partial charge on any atom is -0.316 e. The predicted octanol–water partition coefficient (Wildman–Crippen LogP) is 1.01. The molecule has 0 radical (unpaired) electrons. The van der Waals surface area contributed by atoms with Crippen LogP contribution in [-0.2, 0) is 0 Å². The fraction of sp³-hybridized carbons (Fsp3) is 1.00. The molecule has 2 unspecified atom stereocenters. The van der Waals surface area contributed by atoms with E-state index in [-0.39, 0.29) is 0 Å². The van der Waals surface area contributed by atoms with Crippen molar-refractivity contribution in [2.45, 2.75) is 31.7 Å². The van der Waals surface area contributed by atoms with Gasteiger partial charge in [-0.2, -0.15) is 0 Å². The lowest BCUT2D eigenvalue weighted by atomic mass is 9.71. The van der Waals surface area contributed by atoms with E-state index in [0.717, 1.165) is 23.3 Å². The highest BCUT2D eigenvalue weighted by atomic mass is 15.3. The fourth-order valence-corrected chi connectivity index (χ4v) is 4.91. The van der Waals surface area contributed by atoms with Crippen molar-refractivity contribution in [1.29, 1.82) is 0 Å². The summed E-state index contributed by atoms with van der Waals surface area (Å²) in [6, 6.07) is 0.937. The van der Waals surface area contributed by atoms with Gasteiger partial charge in [-0.05, 0) is 76.2 Å². The zero-order chi connectivity index (χ0) is 12.2. The summed E-state index contributed by atoms with van der Waals surface area (Å²) in [7, 11) is 2.27. The highest BCUT2D eigenvalue weighted by molar-refractivity contribution is 5.03. The third-order valence-electron chi connectivity index (χ3n) is 6.27. The largest absolute Gasteiger partial charge is 0.316 e. The molecule has 18 heavy (non-hydrogen) atoms. The SMILES string of the molecule is CN1CCC2(CC1)CN(C1CC3CNCC3C1)C2. The van der Waals surface area contributed by atoms with Gasteiger partial charge in [-0.3, -0.25) is 4.90 Å². The Bertz CT molecular complexity index is 302. The number of piperidine rings is 1.